The van der Waals surface area contributed by atoms with Crippen LogP contribution in [0.4, 0.5) is 27.1 Å². The van der Waals surface area contributed by atoms with Gasteiger partial charge in [-0.25, -0.2) is 4.39 Å². The molecule has 0 bridgehead atoms. The number of hydrogen-bond acceptors (Lipinski definition) is 4. The average molecular weight is 287 g/mol. The Labute approximate surface area is 120 Å². The number of nitrogens with one attached hydrogen (secondary N) is 2. The molecule has 1 aliphatic heterocycles. The average Bonchev–Trinajstić information content (AvgIpc) is 2.49. The number of benzene rings is 2. The molecular formula is C15H14FN3O2. The lowest BCUT2D eigenvalue weighted by Crippen LogP contribution is -2.11. The van der Waals surface area contributed by atoms with Crippen molar-refractivity contribution in [3.05, 3.63) is 57.9 Å². The number of anilines is 3. The van der Waals surface area contributed by atoms with Crippen LogP contribution in [0.15, 0.2) is 36.4 Å². The second-order valence-corrected chi connectivity index (χ2v) is 4.95. The minimum Gasteiger partial charge on any atom is -0.385 e. The summed E-state index contributed by atoms with van der Waals surface area (Å²) in [4.78, 5) is 9.98. The van der Waals surface area contributed by atoms with Gasteiger partial charge in [-0.3, -0.25) is 10.1 Å². The summed E-state index contributed by atoms with van der Waals surface area (Å²) in [6.07, 6.45) is 2.06. The summed E-state index contributed by atoms with van der Waals surface area (Å²) in [5.74, 6) is -0.639. The number of hydrogen-bond donors (Lipinski definition) is 2. The Kier molecular flexibility index (Phi) is 3.43. The maximum atomic E-state index is 13.9. The minimum absolute atomic E-state index is 0.226. The van der Waals surface area contributed by atoms with Gasteiger partial charge in [0.05, 0.1) is 16.7 Å². The highest BCUT2D eigenvalue weighted by Crippen LogP contribution is 2.28. The summed E-state index contributed by atoms with van der Waals surface area (Å²) >= 11 is 0. The van der Waals surface area contributed by atoms with Crippen LogP contribution in [0.5, 0.6) is 0 Å². The zero-order valence-electron chi connectivity index (χ0n) is 11.2. The van der Waals surface area contributed by atoms with E-state index in [2.05, 4.69) is 10.6 Å². The lowest BCUT2D eigenvalue weighted by Gasteiger charge is -2.19. The van der Waals surface area contributed by atoms with Gasteiger partial charge in [0.2, 0.25) is 0 Å². The molecule has 3 rings (SSSR count). The lowest BCUT2D eigenvalue weighted by atomic mass is 10.0. The Morgan fingerprint density at radius 3 is 2.86 bits per heavy atom. The number of nitro groups is 1. The zero-order valence-corrected chi connectivity index (χ0v) is 11.2. The largest absolute Gasteiger partial charge is 0.385 e. The van der Waals surface area contributed by atoms with Crippen molar-refractivity contribution >= 4 is 22.7 Å². The van der Waals surface area contributed by atoms with E-state index in [4.69, 9.17) is 0 Å². The number of nitro benzene ring substituents is 1. The van der Waals surface area contributed by atoms with E-state index in [9.17, 15) is 14.5 Å². The Bertz CT molecular complexity index is 703. The molecule has 0 radical (unpaired) electrons. The smallest absolute Gasteiger partial charge is 0.272 e. The number of nitrogens with zero attached hydrogens (tertiary/aromatic N) is 1. The fraction of sp³-hybridized carbons (Fsp3) is 0.200. The molecule has 0 saturated carbocycles. The van der Waals surface area contributed by atoms with Crippen molar-refractivity contribution in [2.24, 2.45) is 0 Å². The monoisotopic (exact) mass is 287 g/mol. The van der Waals surface area contributed by atoms with Gasteiger partial charge >= 0.3 is 0 Å². The normalized spacial score (nSPS) is 13.2. The summed E-state index contributed by atoms with van der Waals surface area (Å²) in [6.45, 7) is 0.969. The molecular weight excluding hydrogens is 273 g/mol. The molecule has 0 aromatic heterocycles. The summed E-state index contributed by atoms with van der Waals surface area (Å²) in [5.41, 5.74) is 3.03. The maximum absolute atomic E-state index is 13.9. The first-order chi connectivity index (χ1) is 10.1. The van der Waals surface area contributed by atoms with Gasteiger partial charge in [0, 0.05) is 24.0 Å². The Morgan fingerprint density at radius 1 is 1.24 bits per heavy atom. The van der Waals surface area contributed by atoms with Gasteiger partial charge in [-0.05, 0) is 42.7 Å². The molecule has 1 heterocycles. The first-order valence-electron chi connectivity index (χ1n) is 6.71. The number of rotatable bonds is 3. The minimum atomic E-state index is -0.639. The molecule has 2 N–H and O–H groups in total. The number of aryl methyl sites for hydroxylation is 1. The van der Waals surface area contributed by atoms with Gasteiger partial charge < -0.3 is 10.6 Å². The molecule has 5 nitrogen and oxygen atoms in total. The van der Waals surface area contributed by atoms with Gasteiger partial charge in [-0.1, -0.05) is 0 Å². The number of non-ortho nitro benzene ring substituents is 1. The lowest BCUT2D eigenvalue weighted by molar-refractivity contribution is -0.385. The second-order valence-electron chi connectivity index (χ2n) is 4.95. The van der Waals surface area contributed by atoms with Crippen LogP contribution in [-0.2, 0) is 6.42 Å². The Morgan fingerprint density at radius 2 is 2.10 bits per heavy atom. The first kappa shape index (κ1) is 13.4. The van der Waals surface area contributed by atoms with Crippen LogP contribution in [0.2, 0.25) is 0 Å². The third kappa shape index (κ3) is 2.79. The van der Waals surface area contributed by atoms with Crippen molar-refractivity contribution < 1.29 is 9.31 Å². The Balaban J connectivity index is 1.85. The van der Waals surface area contributed by atoms with E-state index in [1.165, 1.54) is 17.7 Å². The third-order valence-corrected chi connectivity index (χ3v) is 3.49. The quantitative estimate of drug-likeness (QED) is 0.665. The van der Waals surface area contributed by atoms with Crippen LogP contribution in [0.25, 0.3) is 0 Å². The van der Waals surface area contributed by atoms with Crippen molar-refractivity contribution in [1.82, 2.24) is 0 Å². The van der Waals surface area contributed by atoms with E-state index >= 15 is 0 Å². The molecule has 21 heavy (non-hydrogen) atoms. The van der Waals surface area contributed by atoms with Crippen molar-refractivity contribution in [3.8, 4) is 0 Å². The molecule has 108 valence electrons. The fourth-order valence-electron chi connectivity index (χ4n) is 2.43. The van der Waals surface area contributed by atoms with Gasteiger partial charge in [0.15, 0.2) is 5.82 Å². The summed E-state index contributed by atoms with van der Waals surface area (Å²) < 4.78 is 13.9. The van der Waals surface area contributed by atoms with Crippen molar-refractivity contribution in [2.75, 3.05) is 17.2 Å². The molecule has 0 amide bonds. The predicted molar refractivity (Wildman–Crippen MR) is 79.6 cm³/mol. The second kappa shape index (κ2) is 5.40. The standard InChI is InChI=1S/C15H14FN3O2/c16-13-9-12(19(20)21)4-6-15(13)18-11-3-5-14-10(8-11)2-1-7-17-14/h3-6,8-9,17-18H,1-2,7H2. The van der Waals surface area contributed by atoms with Gasteiger partial charge in [0.1, 0.15) is 0 Å². The van der Waals surface area contributed by atoms with Crippen LogP contribution in [0.1, 0.15) is 12.0 Å². The van der Waals surface area contributed by atoms with Crippen LogP contribution in [-0.4, -0.2) is 11.5 Å². The van der Waals surface area contributed by atoms with Crippen molar-refractivity contribution in [3.63, 3.8) is 0 Å². The highest BCUT2D eigenvalue weighted by molar-refractivity contribution is 5.67. The zero-order chi connectivity index (χ0) is 14.8. The Hall–Kier alpha value is -2.63. The third-order valence-electron chi connectivity index (χ3n) is 3.49. The molecule has 6 heteroatoms. The molecule has 0 atom stereocenters. The van der Waals surface area contributed by atoms with Crippen molar-refractivity contribution in [1.29, 1.82) is 0 Å². The highest BCUT2D eigenvalue weighted by Gasteiger charge is 2.12. The molecule has 1 aliphatic rings. The predicted octanol–water partition coefficient (Wildman–Crippen LogP) is 3.84. The SMILES string of the molecule is O=[N+]([O-])c1ccc(Nc2ccc3c(c2)CCCN3)c(F)c1. The van der Waals surface area contributed by atoms with Gasteiger partial charge in [-0.15, -0.1) is 0 Å². The van der Waals surface area contributed by atoms with E-state index in [1.54, 1.807) is 0 Å². The van der Waals surface area contributed by atoms with Crippen LogP contribution in [0.3, 0.4) is 0 Å². The summed E-state index contributed by atoms with van der Waals surface area (Å²) in [7, 11) is 0. The summed E-state index contributed by atoms with van der Waals surface area (Å²) in [6, 6.07) is 9.37. The molecule has 2 aromatic rings. The maximum Gasteiger partial charge on any atom is 0.272 e. The highest BCUT2D eigenvalue weighted by atomic mass is 19.1. The van der Waals surface area contributed by atoms with E-state index in [-0.39, 0.29) is 11.4 Å². The molecule has 0 spiro atoms. The van der Waals surface area contributed by atoms with Crippen LogP contribution in [0, 0.1) is 15.9 Å². The molecule has 0 aliphatic carbocycles. The van der Waals surface area contributed by atoms with E-state index in [0.717, 1.165) is 36.8 Å². The van der Waals surface area contributed by atoms with E-state index in [1.807, 2.05) is 18.2 Å². The fourth-order valence-corrected chi connectivity index (χ4v) is 2.43. The van der Waals surface area contributed by atoms with Gasteiger partial charge in [-0.2, -0.15) is 0 Å². The summed E-state index contributed by atoms with van der Waals surface area (Å²) in [5, 5.41) is 16.9. The van der Waals surface area contributed by atoms with E-state index < -0.39 is 10.7 Å². The molecule has 0 saturated heterocycles. The van der Waals surface area contributed by atoms with Crippen molar-refractivity contribution in [2.45, 2.75) is 12.8 Å². The number of halogens is 1. The number of fused-ring (bicyclic) bond motifs is 1. The topological polar surface area (TPSA) is 67.2 Å². The molecule has 0 unspecified atom stereocenters. The van der Waals surface area contributed by atoms with E-state index in [0.29, 0.717) is 0 Å². The van der Waals surface area contributed by atoms with Crippen LogP contribution < -0.4 is 10.6 Å². The molecule has 2 aromatic carbocycles. The van der Waals surface area contributed by atoms with Crippen LogP contribution >= 0.6 is 0 Å². The first-order valence-corrected chi connectivity index (χ1v) is 6.71. The van der Waals surface area contributed by atoms with Gasteiger partial charge in [0.25, 0.3) is 5.69 Å². The molecule has 0 fully saturated rings.